The molecule has 2 amide bonds. The summed E-state index contributed by atoms with van der Waals surface area (Å²) >= 11 is 11.6. The summed E-state index contributed by atoms with van der Waals surface area (Å²) in [6.45, 7) is -0.796. The summed E-state index contributed by atoms with van der Waals surface area (Å²) in [4.78, 5) is 25.1. The molecule has 0 spiro atoms. The van der Waals surface area contributed by atoms with Crippen LogP contribution in [0.3, 0.4) is 0 Å². The number of amides is 2. The molecular weight excluding hydrogens is 387 g/mol. The van der Waals surface area contributed by atoms with Crippen LogP contribution in [0.15, 0.2) is 18.2 Å². The van der Waals surface area contributed by atoms with E-state index in [4.69, 9.17) is 23.2 Å². The molecule has 2 rings (SSSR count). The van der Waals surface area contributed by atoms with E-state index in [0.717, 1.165) is 4.90 Å². The minimum absolute atomic E-state index is 0. The summed E-state index contributed by atoms with van der Waals surface area (Å²) in [6.07, 6.45) is -0.565. The van der Waals surface area contributed by atoms with Gasteiger partial charge in [-0.15, -0.1) is 12.4 Å². The normalized spacial score (nSPS) is 18.6. The zero-order valence-corrected chi connectivity index (χ0v) is 14.9. The number of hydrogen-bond donors (Lipinski definition) is 2. The van der Waals surface area contributed by atoms with Gasteiger partial charge in [-0.05, 0) is 18.2 Å². The third kappa shape index (κ3) is 5.44. The predicted molar refractivity (Wildman–Crippen MR) is 91.3 cm³/mol. The number of benzene rings is 1. The fourth-order valence-electron chi connectivity index (χ4n) is 2.22. The Morgan fingerprint density at radius 2 is 2.04 bits per heavy atom. The number of nitrogens with one attached hydrogen (secondary N) is 2. The highest BCUT2D eigenvalue weighted by Gasteiger charge is 2.43. The van der Waals surface area contributed by atoms with E-state index >= 15 is 0 Å². The third-order valence-corrected chi connectivity index (χ3v) is 4.11. The summed E-state index contributed by atoms with van der Waals surface area (Å²) in [5, 5.41) is 5.65. The first kappa shape index (κ1) is 20.9. The van der Waals surface area contributed by atoms with Gasteiger partial charge in [-0.2, -0.15) is 0 Å². The van der Waals surface area contributed by atoms with E-state index in [2.05, 4.69) is 10.6 Å². The summed E-state index contributed by atoms with van der Waals surface area (Å²) in [6, 6.07) is 3.59. The summed E-state index contributed by atoms with van der Waals surface area (Å²) in [7, 11) is 1.38. The van der Waals surface area contributed by atoms with Gasteiger partial charge >= 0.3 is 0 Å². The molecule has 2 N–H and O–H groups in total. The SMILES string of the molecule is CN(CC(=O)Nc1ccc(Cl)c(Cl)c1)C(=O)C1CC(F)(F)CN1.Cl. The van der Waals surface area contributed by atoms with Gasteiger partial charge in [-0.1, -0.05) is 23.2 Å². The van der Waals surface area contributed by atoms with Crippen molar-refractivity contribution in [3.05, 3.63) is 28.2 Å². The Morgan fingerprint density at radius 3 is 2.58 bits per heavy atom. The molecule has 1 aliphatic heterocycles. The minimum atomic E-state index is -2.90. The summed E-state index contributed by atoms with van der Waals surface area (Å²) in [5.74, 6) is -3.92. The lowest BCUT2D eigenvalue weighted by Gasteiger charge is -2.20. The van der Waals surface area contributed by atoms with Gasteiger partial charge in [0.2, 0.25) is 11.8 Å². The largest absolute Gasteiger partial charge is 0.335 e. The standard InChI is InChI=1S/C14H15Cl2F2N3O2.ClH/c1-21(13(23)11-5-14(17,18)7-19-11)6-12(22)20-8-2-3-9(15)10(16)4-8;/h2-4,11,19H,5-7H2,1H3,(H,20,22);1H. The van der Waals surface area contributed by atoms with Gasteiger partial charge in [-0.25, -0.2) is 8.78 Å². The van der Waals surface area contributed by atoms with Gasteiger partial charge in [0.05, 0.1) is 29.2 Å². The highest BCUT2D eigenvalue weighted by Crippen LogP contribution is 2.26. The molecule has 1 heterocycles. The Kier molecular flexibility index (Phi) is 7.22. The van der Waals surface area contributed by atoms with Crippen molar-refractivity contribution < 1.29 is 18.4 Å². The van der Waals surface area contributed by atoms with Crippen LogP contribution in [0.4, 0.5) is 14.5 Å². The molecule has 134 valence electrons. The van der Waals surface area contributed by atoms with Crippen LogP contribution in [0.5, 0.6) is 0 Å². The van der Waals surface area contributed by atoms with Crippen molar-refractivity contribution in [1.82, 2.24) is 10.2 Å². The number of likely N-dealkylation sites (N-methyl/N-ethyl adjacent to an activating group) is 1. The molecule has 5 nitrogen and oxygen atoms in total. The van der Waals surface area contributed by atoms with Gasteiger partial charge in [0.1, 0.15) is 0 Å². The van der Waals surface area contributed by atoms with Crippen molar-refractivity contribution in [2.24, 2.45) is 0 Å². The number of carbonyl (C=O) groups excluding carboxylic acids is 2. The number of hydrogen-bond acceptors (Lipinski definition) is 3. The first-order chi connectivity index (χ1) is 10.7. The first-order valence-electron chi connectivity index (χ1n) is 6.79. The van der Waals surface area contributed by atoms with Crippen LogP contribution in [0.2, 0.25) is 10.0 Å². The van der Waals surface area contributed by atoms with Gasteiger partial charge in [-0.3, -0.25) is 14.9 Å². The Bertz CT molecular complexity index is 631. The van der Waals surface area contributed by atoms with Gasteiger partial charge in [0, 0.05) is 19.2 Å². The summed E-state index contributed by atoms with van der Waals surface area (Å²) in [5.41, 5.74) is 0.427. The van der Waals surface area contributed by atoms with E-state index in [0.29, 0.717) is 10.7 Å². The maximum Gasteiger partial charge on any atom is 0.262 e. The Hall–Kier alpha value is -1.15. The maximum absolute atomic E-state index is 13.1. The number of carbonyl (C=O) groups is 2. The van der Waals surface area contributed by atoms with Crippen molar-refractivity contribution in [2.75, 3.05) is 25.5 Å². The van der Waals surface area contributed by atoms with Gasteiger partial charge < -0.3 is 10.2 Å². The molecular formula is C14H16Cl3F2N3O2. The molecule has 1 aliphatic rings. The van der Waals surface area contributed by atoms with E-state index in [9.17, 15) is 18.4 Å². The fraction of sp³-hybridized carbons (Fsp3) is 0.429. The zero-order chi connectivity index (χ0) is 17.2. The maximum atomic E-state index is 13.1. The molecule has 1 atom stereocenters. The van der Waals surface area contributed by atoms with E-state index < -0.39 is 36.7 Å². The highest BCUT2D eigenvalue weighted by atomic mass is 35.5. The van der Waals surface area contributed by atoms with Crippen molar-refractivity contribution in [1.29, 1.82) is 0 Å². The molecule has 1 aromatic rings. The molecule has 1 fully saturated rings. The van der Waals surface area contributed by atoms with Gasteiger partial charge in [0.15, 0.2) is 0 Å². The molecule has 0 radical (unpaired) electrons. The molecule has 1 saturated heterocycles. The highest BCUT2D eigenvalue weighted by molar-refractivity contribution is 6.42. The number of rotatable bonds is 4. The van der Waals surface area contributed by atoms with Crippen LogP contribution >= 0.6 is 35.6 Å². The molecule has 0 aliphatic carbocycles. The topological polar surface area (TPSA) is 61.4 Å². The Balaban J connectivity index is 0.00000288. The van der Waals surface area contributed by atoms with Crippen molar-refractivity contribution >= 4 is 53.1 Å². The lowest BCUT2D eigenvalue weighted by molar-refractivity contribution is -0.135. The number of halogens is 5. The second-order valence-corrected chi connectivity index (χ2v) is 6.18. The first-order valence-corrected chi connectivity index (χ1v) is 7.55. The molecule has 1 aromatic carbocycles. The average Bonchev–Trinajstić information content (AvgIpc) is 2.82. The number of nitrogens with zero attached hydrogens (tertiary/aromatic N) is 1. The molecule has 0 saturated carbocycles. The van der Waals surface area contributed by atoms with E-state index in [-0.39, 0.29) is 24.0 Å². The Morgan fingerprint density at radius 1 is 1.38 bits per heavy atom. The molecule has 0 aromatic heterocycles. The number of alkyl halides is 2. The molecule has 0 bridgehead atoms. The monoisotopic (exact) mass is 401 g/mol. The van der Waals surface area contributed by atoms with E-state index in [1.807, 2.05) is 0 Å². The van der Waals surface area contributed by atoms with Crippen LogP contribution in [0, 0.1) is 0 Å². The third-order valence-electron chi connectivity index (χ3n) is 3.37. The van der Waals surface area contributed by atoms with Gasteiger partial charge in [0.25, 0.3) is 5.92 Å². The fourth-order valence-corrected chi connectivity index (χ4v) is 2.52. The second-order valence-electron chi connectivity index (χ2n) is 5.36. The zero-order valence-electron chi connectivity index (χ0n) is 12.6. The van der Waals surface area contributed by atoms with E-state index in [1.54, 1.807) is 6.07 Å². The van der Waals surface area contributed by atoms with Crippen LogP contribution < -0.4 is 10.6 Å². The quantitative estimate of drug-likeness (QED) is 0.814. The van der Waals surface area contributed by atoms with Crippen molar-refractivity contribution in [3.8, 4) is 0 Å². The molecule has 24 heavy (non-hydrogen) atoms. The smallest absolute Gasteiger partial charge is 0.262 e. The van der Waals surface area contributed by atoms with Crippen molar-refractivity contribution in [2.45, 2.75) is 18.4 Å². The molecule has 10 heteroatoms. The lowest BCUT2D eigenvalue weighted by atomic mass is 10.1. The average molecular weight is 403 g/mol. The summed E-state index contributed by atoms with van der Waals surface area (Å²) < 4.78 is 26.2. The van der Waals surface area contributed by atoms with Crippen molar-refractivity contribution in [3.63, 3.8) is 0 Å². The second kappa shape index (κ2) is 8.29. The Labute approximate surface area is 154 Å². The number of anilines is 1. The van der Waals surface area contributed by atoms with Crippen LogP contribution in [0.25, 0.3) is 0 Å². The van der Waals surface area contributed by atoms with Crippen LogP contribution in [-0.2, 0) is 9.59 Å². The predicted octanol–water partition coefficient (Wildman–Crippen LogP) is 2.81. The lowest BCUT2D eigenvalue weighted by Crippen LogP contribution is -2.44. The van der Waals surface area contributed by atoms with Crippen LogP contribution in [-0.4, -0.2) is 48.8 Å². The molecule has 1 unspecified atom stereocenters. The van der Waals surface area contributed by atoms with E-state index in [1.165, 1.54) is 19.2 Å². The van der Waals surface area contributed by atoms with Crippen LogP contribution in [0.1, 0.15) is 6.42 Å². The minimum Gasteiger partial charge on any atom is -0.335 e.